The summed E-state index contributed by atoms with van der Waals surface area (Å²) in [6.45, 7) is 1.22. The molecule has 2 aliphatic rings. The van der Waals surface area contributed by atoms with Crippen molar-refractivity contribution in [1.82, 2.24) is 9.88 Å². The number of aryl methyl sites for hydroxylation is 1. The number of carbonyl (C=O) groups excluding carboxylic acids is 2. The van der Waals surface area contributed by atoms with E-state index in [0.717, 1.165) is 23.1 Å². The van der Waals surface area contributed by atoms with Crippen molar-refractivity contribution in [2.24, 2.45) is 0 Å². The van der Waals surface area contributed by atoms with Gasteiger partial charge in [-0.1, -0.05) is 18.2 Å². The van der Waals surface area contributed by atoms with E-state index in [9.17, 15) is 14.7 Å². The summed E-state index contributed by atoms with van der Waals surface area (Å²) in [5.41, 5.74) is 4.11. The monoisotopic (exact) mass is 375 g/mol. The lowest BCUT2D eigenvalue weighted by molar-refractivity contribution is -0.125. The van der Waals surface area contributed by atoms with E-state index in [1.165, 1.54) is 5.57 Å². The van der Waals surface area contributed by atoms with Gasteiger partial charge in [-0.2, -0.15) is 0 Å². The quantitative estimate of drug-likeness (QED) is 0.808. The normalized spacial score (nSPS) is 16.5. The minimum atomic E-state index is -0.0352. The van der Waals surface area contributed by atoms with Crippen LogP contribution in [-0.4, -0.2) is 39.9 Å². The number of hydrogen-bond donors (Lipinski definition) is 2. The lowest BCUT2D eigenvalue weighted by Gasteiger charge is -2.25. The molecule has 0 saturated carbocycles. The fraction of sp³-hybridized carbons (Fsp3) is 0.227. The van der Waals surface area contributed by atoms with Crippen LogP contribution in [0.2, 0.25) is 0 Å². The number of benzene rings is 1. The van der Waals surface area contributed by atoms with E-state index in [0.29, 0.717) is 31.7 Å². The summed E-state index contributed by atoms with van der Waals surface area (Å²) in [6.07, 6.45) is 8.98. The highest BCUT2D eigenvalue weighted by molar-refractivity contribution is 5.94. The van der Waals surface area contributed by atoms with Crippen LogP contribution < -0.4 is 5.32 Å². The molecule has 0 bridgehead atoms. The minimum absolute atomic E-state index is 0.0108. The first kappa shape index (κ1) is 18.0. The van der Waals surface area contributed by atoms with Gasteiger partial charge in [0.1, 0.15) is 11.6 Å². The second kappa shape index (κ2) is 7.68. The SMILES string of the molecule is O=C1CCc2cc(C=CC(=O)N3CC=C(c4ccc(O)cc4)CC3)cnc2N1. The van der Waals surface area contributed by atoms with Crippen molar-refractivity contribution in [3.8, 4) is 5.75 Å². The number of fused-ring (bicyclic) bond motifs is 1. The van der Waals surface area contributed by atoms with Crippen molar-refractivity contribution in [1.29, 1.82) is 0 Å². The standard InChI is InChI=1S/C22H21N3O3/c26-19-5-2-16(3-6-19)17-9-11-25(12-10-17)21(28)8-1-15-13-18-4-7-20(27)24-22(18)23-14-15/h1-3,5-6,8-9,13-14,26H,4,7,10-12H2,(H,23,24,27). The topological polar surface area (TPSA) is 82.5 Å². The van der Waals surface area contributed by atoms with E-state index >= 15 is 0 Å². The number of nitrogens with zero attached hydrogens (tertiary/aromatic N) is 2. The molecule has 1 aromatic carbocycles. The van der Waals surface area contributed by atoms with Crippen LogP contribution in [0.5, 0.6) is 5.75 Å². The van der Waals surface area contributed by atoms with Crippen LogP contribution in [0.1, 0.15) is 29.5 Å². The van der Waals surface area contributed by atoms with Crippen molar-refractivity contribution in [2.75, 3.05) is 18.4 Å². The number of carbonyl (C=O) groups is 2. The fourth-order valence-corrected chi connectivity index (χ4v) is 3.45. The van der Waals surface area contributed by atoms with Gasteiger partial charge in [-0.25, -0.2) is 4.98 Å². The molecule has 0 spiro atoms. The van der Waals surface area contributed by atoms with Crippen LogP contribution in [0, 0.1) is 0 Å². The Morgan fingerprint density at radius 1 is 1.18 bits per heavy atom. The molecular weight excluding hydrogens is 354 g/mol. The van der Waals surface area contributed by atoms with Gasteiger partial charge >= 0.3 is 0 Å². The number of pyridine rings is 1. The maximum absolute atomic E-state index is 12.5. The van der Waals surface area contributed by atoms with Gasteiger partial charge in [0, 0.05) is 31.8 Å². The molecule has 0 fully saturated rings. The van der Waals surface area contributed by atoms with E-state index < -0.39 is 0 Å². The second-order valence-electron chi connectivity index (χ2n) is 6.97. The largest absolute Gasteiger partial charge is 0.508 e. The minimum Gasteiger partial charge on any atom is -0.508 e. The molecule has 142 valence electrons. The second-order valence-corrected chi connectivity index (χ2v) is 6.97. The Balaban J connectivity index is 1.39. The zero-order valence-corrected chi connectivity index (χ0v) is 15.4. The van der Waals surface area contributed by atoms with E-state index in [1.807, 2.05) is 18.2 Å². The summed E-state index contributed by atoms with van der Waals surface area (Å²) in [5.74, 6) is 0.819. The molecule has 0 atom stereocenters. The van der Waals surface area contributed by atoms with Crippen LogP contribution in [0.25, 0.3) is 11.6 Å². The maximum atomic E-state index is 12.5. The van der Waals surface area contributed by atoms with Crippen molar-refractivity contribution < 1.29 is 14.7 Å². The zero-order chi connectivity index (χ0) is 19.5. The Labute approximate surface area is 163 Å². The highest BCUT2D eigenvalue weighted by atomic mass is 16.3. The third kappa shape index (κ3) is 3.96. The third-order valence-electron chi connectivity index (χ3n) is 5.04. The molecule has 28 heavy (non-hydrogen) atoms. The van der Waals surface area contributed by atoms with Gasteiger partial charge in [-0.15, -0.1) is 0 Å². The summed E-state index contributed by atoms with van der Waals surface area (Å²) >= 11 is 0. The van der Waals surface area contributed by atoms with Crippen molar-refractivity contribution in [2.45, 2.75) is 19.3 Å². The zero-order valence-electron chi connectivity index (χ0n) is 15.4. The first-order chi connectivity index (χ1) is 13.6. The smallest absolute Gasteiger partial charge is 0.246 e. The number of phenols is 1. The highest BCUT2D eigenvalue weighted by Crippen LogP contribution is 2.24. The highest BCUT2D eigenvalue weighted by Gasteiger charge is 2.17. The molecule has 2 N–H and O–H groups in total. The molecule has 2 aliphatic heterocycles. The van der Waals surface area contributed by atoms with Gasteiger partial charge in [0.05, 0.1) is 0 Å². The van der Waals surface area contributed by atoms with Gasteiger partial charge in [-0.05, 0) is 59.4 Å². The average Bonchev–Trinajstić information content (AvgIpc) is 2.72. The summed E-state index contributed by atoms with van der Waals surface area (Å²) < 4.78 is 0. The molecular formula is C22H21N3O3. The van der Waals surface area contributed by atoms with Crippen LogP contribution in [0.15, 0.2) is 48.7 Å². The van der Waals surface area contributed by atoms with Crippen LogP contribution in [-0.2, 0) is 16.0 Å². The Morgan fingerprint density at radius 3 is 2.75 bits per heavy atom. The maximum Gasteiger partial charge on any atom is 0.246 e. The van der Waals surface area contributed by atoms with Gasteiger partial charge in [0.15, 0.2) is 0 Å². The van der Waals surface area contributed by atoms with E-state index in [2.05, 4.69) is 16.4 Å². The van der Waals surface area contributed by atoms with Crippen molar-refractivity contribution >= 4 is 29.3 Å². The predicted octanol–water partition coefficient (Wildman–Crippen LogP) is 3.00. The van der Waals surface area contributed by atoms with Crippen LogP contribution in [0.3, 0.4) is 0 Å². The van der Waals surface area contributed by atoms with Crippen LogP contribution in [0.4, 0.5) is 5.82 Å². The van der Waals surface area contributed by atoms with Gasteiger partial charge in [0.2, 0.25) is 11.8 Å². The molecule has 0 radical (unpaired) electrons. The number of rotatable bonds is 3. The Bertz CT molecular complexity index is 977. The third-order valence-corrected chi connectivity index (χ3v) is 5.04. The predicted molar refractivity (Wildman–Crippen MR) is 108 cm³/mol. The van der Waals surface area contributed by atoms with Crippen molar-refractivity contribution in [3.63, 3.8) is 0 Å². The summed E-state index contributed by atoms with van der Waals surface area (Å²) in [6, 6.07) is 9.10. The van der Waals surface area contributed by atoms with E-state index in [1.54, 1.807) is 35.4 Å². The number of aromatic hydroxyl groups is 1. The lowest BCUT2D eigenvalue weighted by atomic mass is 9.99. The summed E-state index contributed by atoms with van der Waals surface area (Å²) in [4.78, 5) is 30.0. The molecule has 2 aromatic rings. The lowest BCUT2D eigenvalue weighted by Crippen LogP contribution is -2.33. The average molecular weight is 375 g/mol. The number of anilines is 1. The molecule has 0 aliphatic carbocycles. The summed E-state index contributed by atoms with van der Waals surface area (Å²) in [5, 5.41) is 12.2. The van der Waals surface area contributed by atoms with Crippen molar-refractivity contribution in [3.05, 3.63) is 65.4 Å². The molecule has 1 aromatic heterocycles. The Kier molecular flexibility index (Phi) is 4.93. The van der Waals surface area contributed by atoms with E-state index in [-0.39, 0.29) is 17.6 Å². The molecule has 3 heterocycles. The number of aromatic nitrogens is 1. The Morgan fingerprint density at radius 2 is 2.00 bits per heavy atom. The van der Waals surface area contributed by atoms with Gasteiger partial charge in [-0.3, -0.25) is 9.59 Å². The first-order valence-electron chi connectivity index (χ1n) is 9.33. The molecule has 0 unspecified atom stereocenters. The van der Waals surface area contributed by atoms with Gasteiger partial charge in [0.25, 0.3) is 0 Å². The van der Waals surface area contributed by atoms with E-state index in [4.69, 9.17) is 0 Å². The number of nitrogens with one attached hydrogen (secondary N) is 1. The number of phenolic OH excluding ortho intramolecular Hbond substituents is 1. The summed E-state index contributed by atoms with van der Waals surface area (Å²) in [7, 11) is 0. The molecule has 6 nitrogen and oxygen atoms in total. The van der Waals surface area contributed by atoms with Gasteiger partial charge < -0.3 is 15.3 Å². The molecule has 0 saturated heterocycles. The Hall–Kier alpha value is -3.41. The molecule has 4 rings (SSSR count). The fourth-order valence-electron chi connectivity index (χ4n) is 3.45. The van der Waals surface area contributed by atoms with Crippen LogP contribution >= 0.6 is 0 Å². The first-order valence-corrected chi connectivity index (χ1v) is 9.33. The number of amides is 2. The molecule has 6 heteroatoms. The molecule has 2 amide bonds. The number of hydrogen-bond acceptors (Lipinski definition) is 4.